The average Bonchev–Trinajstić information content (AvgIpc) is 2.83. The van der Waals surface area contributed by atoms with Crippen molar-refractivity contribution >= 4 is 32.8 Å². The van der Waals surface area contributed by atoms with Crippen molar-refractivity contribution in [2.75, 3.05) is 0 Å². The summed E-state index contributed by atoms with van der Waals surface area (Å²) in [4.78, 5) is 2.76. The molecular weight excluding hydrogens is 280 g/mol. The molecule has 0 fully saturated rings. The lowest BCUT2D eigenvalue weighted by molar-refractivity contribution is 1.30. The molecule has 0 nitrogen and oxygen atoms in total. The summed E-state index contributed by atoms with van der Waals surface area (Å²) in [5, 5.41) is 0. The van der Waals surface area contributed by atoms with Gasteiger partial charge in [0.2, 0.25) is 0 Å². The van der Waals surface area contributed by atoms with Crippen molar-refractivity contribution in [3.8, 4) is 0 Å². The molecule has 0 saturated heterocycles. The van der Waals surface area contributed by atoms with E-state index in [1.165, 1.54) is 30.9 Å². The number of hydrogen-bond acceptors (Lipinski definition) is 1. The third kappa shape index (κ3) is 1.66. The molecule has 1 aliphatic rings. The molecule has 0 amide bonds. The first kappa shape index (κ1) is 10.3. The van der Waals surface area contributed by atoms with Crippen LogP contribution in [0.15, 0.2) is 40.9 Å². The molecule has 2 aromatic rings. The van der Waals surface area contributed by atoms with E-state index in [1.807, 2.05) is 11.3 Å². The van der Waals surface area contributed by atoms with E-state index >= 15 is 0 Å². The summed E-state index contributed by atoms with van der Waals surface area (Å²) in [5.41, 5.74) is 4.22. The van der Waals surface area contributed by atoms with Crippen LogP contribution in [0.25, 0.3) is 5.57 Å². The number of rotatable bonds is 1. The van der Waals surface area contributed by atoms with Gasteiger partial charge in [-0.05, 0) is 54.3 Å². The first-order valence-corrected chi connectivity index (χ1v) is 6.91. The van der Waals surface area contributed by atoms with Gasteiger partial charge in [0.05, 0.1) is 0 Å². The molecule has 0 atom stereocenters. The number of allylic oxidation sites excluding steroid dienone is 1. The van der Waals surface area contributed by atoms with Crippen LogP contribution in [-0.4, -0.2) is 0 Å². The maximum Gasteiger partial charge on any atom is 0.0348 e. The maximum absolute atomic E-state index is 3.52. The van der Waals surface area contributed by atoms with E-state index < -0.39 is 0 Å². The molecule has 2 heteroatoms. The fourth-order valence-corrected chi connectivity index (χ4v) is 3.46. The van der Waals surface area contributed by atoms with Crippen molar-refractivity contribution in [1.29, 1.82) is 0 Å². The fourth-order valence-electron chi connectivity index (χ4n) is 2.13. The summed E-state index contributed by atoms with van der Waals surface area (Å²) in [5.74, 6) is 0. The van der Waals surface area contributed by atoms with Crippen molar-refractivity contribution in [2.45, 2.75) is 13.3 Å². The van der Waals surface area contributed by atoms with Crippen molar-refractivity contribution < 1.29 is 0 Å². The van der Waals surface area contributed by atoms with Gasteiger partial charge in [-0.1, -0.05) is 28.1 Å². The molecule has 80 valence electrons. The SMILES string of the molecule is Cc1ccc(C2=CCc3cc(Br)ccc32)s1. The van der Waals surface area contributed by atoms with Crippen LogP contribution in [0, 0.1) is 6.92 Å². The van der Waals surface area contributed by atoms with E-state index in [-0.39, 0.29) is 0 Å². The largest absolute Gasteiger partial charge is 0.141 e. The Morgan fingerprint density at radius 3 is 2.81 bits per heavy atom. The van der Waals surface area contributed by atoms with E-state index in [0.29, 0.717) is 0 Å². The van der Waals surface area contributed by atoms with Crippen LogP contribution in [0.2, 0.25) is 0 Å². The van der Waals surface area contributed by atoms with E-state index in [1.54, 1.807) is 0 Å². The highest BCUT2D eigenvalue weighted by Gasteiger charge is 2.16. The van der Waals surface area contributed by atoms with Gasteiger partial charge >= 0.3 is 0 Å². The van der Waals surface area contributed by atoms with E-state index in [4.69, 9.17) is 0 Å². The monoisotopic (exact) mass is 290 g/mol. The molecule has 1 aromatic carbocycles. The number of thiophene rings is 1. The summed E-state index contributed by atoms with van der Waals surface area (Å²) < 4.78 is 1.17. The topological polar surface area (TPSA) is 0 Å². The molecule has 0 bridgehead atoms. The van der Waals surface area contributed by atoms with Crippen LogP contribution >= 0.6 is 27.3 Å². The lowest BCUT2D eigenvalue weighted by atomic mass is 10.1. The predicted octanol–water partition coefficient (Wildman–Crippen LogP) is 4.81. The Bertz CT molecular complexity index is 578. The molecule has 1 aliphatic carbocycles. The van der Waals surface area contributed by atoms with Gasteiger partial charge in [-0.15, -0.1) is 11.3 Å². The van der Waals surface area contributed by atoms with Gasteiger partial charge in [0.25, 0.3) is 0 Å². The summed E-state index contributed by atoms with van der Waals surface area (Å²) in [7, 11) is 0. The first-order valence-electron chi connectivity index (χ1n) is 5.30. The highest BCUT2D eigenvalue weighted by Crippen LogP contribution is 2.36. The standard InChI is InChI=1S/C14H11BrS/c1-9-2-7-14(16-9)13-5-3-10-8-11(15)4-6-12(10)13/h2,4-8H,3H2,1H3. The molecule has 1 aromatic heterocycles. The van der Waals surface area contributed by atoms with Crippen molar-refractivity contribution in [1.82, 2.24) is 0 Å². The molecule has 0 spiro atoms. The van der Waals surface area contributed by atoms with Gasteiger partial charge < -0.3 is 0 Å². The Morgan fingerprint density at radius 2 is 2.06 bits per heavy atom. The molecule has 3 rings (SSSR count). The highest BCUT2D eigenvalue weighted by atomic mass is 79.9. The molecule has 0 N–H and O–H groups in total. The second-order valence-corrected chi connectivity index (χ2v) is 6.24. The van der Waals surface area contributed by atoms with Gasteiger partial charge in [-0.3, -0.25) is 0 Å². The second-order valence-electron chi connectivity index (χ2n) is 4.03. The Hall–Kier alpha value is -0.860. The van der Waals surface area contributed by atoms with E-state index in [0.717, 1.165) is 6.42 Å². The Morgan fingerprint density at radius 1 is 1.19 bits per heavy atom. The summed E-state index contributed by atoms with van der Waals surface area (Å²) in [6, 6.07) is 11.0. The average molecular weight is 291 g/mol. The summed E-state index contributed by atoms with van der Waals surface area (Å²) in [6.45, 7) is 2.16. The number of benzene rings is 1. The van der Waals surface area contributed by atoms with Crippen LogP contribution in [0.3, 0.4) is 0 Å². The number of hydrogen-bond donors (Lipinski definition) is 0. The van der Waals surface area contributed by atoms with Gasteiger partial charge in [-0.2, -0.15) is 0 Å². The minimum Gasteiger partial charge on any atom is -0.141 e. The minimum absolute atomic E-state index is 1.06. The van der Waals surface area contributed by atoms with Crippen molar-refractivity contribution in [2.24, 2.45) is 0 Å². The Balaban J connectivity index is 2.08. The second kappa shape index (κ2) is 3.86. The lowest BCUT2D eigenvalue weighted by Gasteiger charge is -2.03. The third-order valence-electron chi connectivity index (χ3n) is 2.89. The van der Waals surface area contributed by atoms with Crippen molar-refractivity contribution in [3.05, 3.63) is 61.8 Å². The maximum atomic E-state index is 3.52. The third-order valence-corrected chi connectivity index (χ3v) is 4.42. The molecule has 0 aliphatic heterocycles. The van der Waals surface area contributed by atoms with Crippen LogP contribution < -0.4 is 0 Å². The molecule has 0 saturated carbocycles. The Kier molecular flexibility index (Phi) is 2.49. The van der Waals surface area contributed by atoms with Crippen LogP contribution in [-0.2, 0) is 6.42 Å². The first-order chi connectivity index (χ1) is 7.74. The van der Waals surface area contributed by atoms with Crippen LogP contribution in [0.1, 0.15) is 20.9 Å². The highest BCUT2D eigenvalue weighted by molar-refractivity contribution is 9.10. The molecular formula is C14H11BrS. The van der Waals surface area contributed by atoms with Gasteiger partial charge in [0.15, 0.2) is 0 Å². The fraction of sp³-hybridized carbons (Fsp3) is 0.143. The van der Waals surface area contributed by atoms with E-state index in [2.05, 4.69) is 59.3 Å². The predicted molar refractivity (Wildman–Crippen MR) is 74.0 cm³/mol. The Labute approximate surface area is 108 Å². The van der Waals surface area contributed by atoms with E-state index in [9.17, 15) is 0 Å². The lowest BCUT2D eigenvalue weighted by Crippen LogP contribution is -1.84. The number of fused-ring (bicyclic) bond motifs is 1. The molecule has 16 heavy (non-hydrogen) atoms. The van der Waals surface area contributed by atoms with Crippen LogP contribution in [0.4, 0.5) is 0 Å². The van der Waals surface area contributed by atoms with Gasteiger partial charge in [0.1, 0.15) is 0 Å². The quantitative estimate of drug-likeness (QED) is 0.707. The normalized spacial score (nSPS) is 13.8. The van der Waals surface area contributed by atoms with Crippen LogP contribution in [0.5, 0.6) is 0 Å². The number of aryl methyl sites for hydroxylation is 1. The van der Waals surface area contributed by atoms with Gasteiger partial charge in [0, 0.05) is 14.2 Å². The smallest absolute Gasteiger partial charge is 0.0348 e. The molecule has 0 unspecified atom stereocenters. The molecule has 0 radical (unpaired) electrons. The number of halogens is 1. The zero-order chi connectivity index (χ0) is 11.1. The molecule has 1 heterocycles. The summed E-state index contributed by atoms with van der Waals surface area (Å²) >= 11 is 5.40. The van der Waals surface area contributed by atoms with Gasteiger partial charge in [-0.25, -0.2) is 0 Å². The zero-order valence-corrected chi connectivity index (χ0v) is 11.4. The zero-order valence-electron chi connectivity index (χ0n) is 8.96. The summed E-state index contributed by atoms with van der Waals surface area (Å²) in [6.07, 6.45) is 3.39. The minimum atomic E-state index is 1.06. The van der Waals surface area contributed by atoms with Crippen molar-refractivity contribution in [3.63, 3.8) is 0 Å².